The largest absolute Gasteiger partial charge is 0.377 e. The predicted molar refractivity (Wildman–Crippen MR) is 79.5 cm³/mol. The molecule has 2 heteroatoms. The molecule has 0 bridgehead atoms. The summed E-state index contributed by atoms with van der Waals surface area (Å²) in [6.07, 6.45) is 0. The topological polar surface area (TPSA) is 3.24 Å². The second-order valence-corrected chi connectivity index (χ2v) is 5.68. The molecule has 0 aliphatic rings. The van der Waals surface area contributed by atoms with Crippen molar-refractivity contribution >= 4 is 24.9 Å². The van der Waals surface area contributed by atoms with Crippen molar-refractivity contribution in [1.29, 1.82) is 0 Å². The van der Waals surface area contributed by atoms with Crippen LogP contribution in [0.1, 0.15) is 5.56 Å². The molecule has 0 aromatic heterocycles. The number of nitrogens with zero attached hydrogens (tertiary/aromatic N) is 1. The maximum atomic E-state index is 2.22. The van der Waals surface area contributed by atoms with Crippen LogP contribution in [0.2, 0.25) is 0 Å². The van der Waals surface area contributed by atoms with Crippen molar-refractivity contribution in [3.05, 3.63) is 54.1 Å². The van der Waals surface area contributed by atoms with E-state index in [1.54, 1.807) is 0 Å². The summed E-state index contributed by atoms with van der Waals surface area (Å²) >= 11 is 0. The highest BCUT2D eigenvalue weighted by Gasteiger charge is 2.05. The number of para-hydroxylation sites is 1. The standard InChI is InChI=1S/C15H18NP/c1-12-8-4-6-10-14(12)17-15-11-7-5-9-13(15)16(2)3/h4-11,17H,1-3H3. The van der Waals surface area contributed by atoms with Crippen LogP contribution in [0.5, 0.6) is 0 Å². The summed E-state index contributed by atoms with van der Waals surface area (Å²) in [7, 11) is 4.92. The quantitative estimate of drug-likeness (QED) is 0.749. The molecule has 0 N–H and O–H groups in total. The van der Waals surface area contributed by atoms with E-state index in [1.165, 1.54) is 21.9 Å². The van der Waals surface area contributed by atoms with E-state index >= 15 is 0 Å². The van der Waals surface area contributed by atoms with Crippen molar-refractivity contribution in [2.24, 2.45) is 0 Å². The molecule has 17 heavy (non-hydrogen) atoms. The zero-order valence-electron chi connectivity index (χ0n) is 10.6. The minimum atomic E-state index is 0.726. The van der Waals surface area contributed by atoms with Gasteiger partial charge in [0.05, 0.1) is 0 Å². The van der Waals surface area contributed by atoms with Crippen molar-refractivity contribution in [2.75, 3.05) is 19.0 Å². The molecular weight excluding hydrogens is 225 g/mol. The third-order valence-corrected chi connectivity index (χ3v) is 4.32. The van der Waals surface area contributed by atoms with E-state index in [1.807, 2.05) is 0 Å². The zero-order chi connectivity index (χ0) is 12.3. The Morgan fingerprint density at radius 3 is 2.06 bits per heavy atom. The van der Waals surface area contributed by atoms with Crippen LogP contribution in [0.4, 0.5) is 5.69 Å². The fraction of sp³-hybridized carbons (Fsp3) is 0.200. The molecule has 0 aliphatic heterocycles. The Kier molecular flexibility index (Phi) is 3.81. The van der Waals surface area contributed by atoms with Gasteiger partial charge in [-0.05, 0) is 23.9 Å². The van der Waals surface area contributed by atoms with Gasteiger partial charge in [0.15, 0.2) is 0 Å². The molecule has 88 valence electrons. The Morgan fingerprint density at radius 2 is 1.41 bits per heavy atom. The van der Waals surface area contributed by atoms with Gasteiger partial charge in [-0.1, -0.05) is 51.0 Å². The lowest BCUT2D eigenvalue weighted by atomic mass is 10.2. The highest BCUT2D eigenvalue weighted by atomic mass is 31.1. The first-order chi connectivity index (χ1) is 8.18. The second kappa shape index (κ2) is 5.33. The lowest BCUT2D eigenvalue weighted by Crippen LogP contribution is -2.18. The molecule has 2 aromatic carbocycles. The molecule has 0 fully saturated rings. The lowest BCUT2D eigenvalue weighted by Gasteiger charge is -2.17. The van der Waals surface area contributed by atoms with Crippen LogP contribution in [0.15, 0.2) is 48.5 Å². The molecule has 2 aromatic rings. The molecular formula is C15H18NP. The maximum absolute atomic E-state index is 2.22. The molecule has 1 nitrogen and oxygen atoms in total. The maximum Gasteiger partial charge on any atom is 0.0439 e. The molecule has 0 radical (unpaired) electrons. The van der Waals surface area contributed by atoms with Gasteiger partial charge in [-0.25, -0.2) is 0 Å². The molecule has 0 amide bonds. The number of hydrogen-bond donors (Lipinski definition) is 0. The molecule has 0 saturated carbocycles. The Labute approximate surface area is 105 Å². The number of anilines is 1. The highest BCUT2D eigenvalue weighted by molar-refractivity contribution is 7.56. The first-order valence-electron chi connectivity index (χ1n) is 5.77. The molecule has 0 spiro atoms. The van der Waals surface area contributed by atoms with Gasteiger partial charge in [0.1, 0.15) is 0 Å². The zero-order valence-corrected chi connectivity index (χ0v) is 11.6. The van der Waals surface area contributed by atoms with Crippen LogP contribution in [0.3, 0.4) is 0 Å². The number of hydrogen-bond acceptors (Lipinski definition) is 1. The SMILES string of the molecule is Cc1ccccc1Pc1ccccc1N(C)C. The summed E-state index contributed by atoms with van der Waals surface area (Å²) in [5.74, 6) is 0. The van der Waals surface area contributed by atoms with Crippen LogP contribution in [-0.2, 0) is 0 Å². The summed E-state index contributed by atoms with van der Waals surface area (Å²) in [6.45, 7) is 2.18. The summed E-state index contributed by atoms with van der Waals surface area (Å²) in [6, 6.07) is 17.2. The van der Waals surface area contributed by atoms with Gasteiger partial charge in [0.25, 0.3) is 0 Å². The van der Waals surface area contributed by atoms with Gasteiger partial charge in [0.2, 0.25) is 0 Å². The van der Waals surface area contributed by atoms with Gasteiger partial charge in [-0.2, -0.15) is 0 Å². The predicted octanol–water partition coefficient (Wildman–Crippen LogP) is 2.69. The van der Waals surface area contributed by atoms with E-state index < -0.39 is 0 Å². The third-order valence-electron chi connectivity index (χ3n) is 2.80. The highest BCUT2D eigenvalue weighted by Crippen LogP contribution is 2.20. The normalized spacial score (nSPS) is 11.0. The van der Waals surface area contributed by atoms with Crippen LogP contribution in [-0.4, -0.2) is 14.1 Å². The second-order valence-electron chi connectivity index (χ2n) is 4.35. The average molecular weight is 243 g/mol. The minimum Gasteiger partial charge on any atom is -0.377 e. The van der Waals surface area contributed by atoms with Gasteiger partial charge < -0.3 is 4.90 Å². The van der Waals surface area contributed by atoms with Crippen LogP contribution >= 0.6 is 8.58 Å². The van der Waals surface area contributed by atoms with Crippen molar-refractivity contribution in [3.8, 4) is 0 Å². The minimum absolute atomic E-state index is 0.726. The van der Waals surface area contributed by atoms with E-state index in [2.05, 4.69) is 74.4 Å². The van der Waals surface area contributed by atoms with E-state index in [-0.39, 0.29) is 0 Å². The molecule has 0 aliphatic carbocycles. The Bertz CT molecular complexity index is 506. The number of aryl methyl sites for hydroxylation is 1. The van der Waals surface area contributed by atoms with E-state index in [0.717, 1.165) is 8.58 Å². The summed E-state index contributed by atoms with van der Waals surface area (Å²) < 4.78 is 0. The van der Waals surface area contributed by atoms with Crippen LogP contribution < -0.4 is 15.5 Å². The van der Waals surface area contributed by atoms with Crippen molar-refractivity contribution in [2.45, 2.75) is 6.92 Å². The average Bonchev–Trinajstić information content (AvgIpc) is 2.32. The molecule has 0 heterocycles. The fourth-order valence-electron chi connectivity index (χ4n) is 1.83. The Morgan fingerprint density at radius 1 is 0.824 bits per heavy atom. The fourth-order valence-corrected chi connectivity index (χ4v) is 3.19. The van der Waals surface area contributed by atoms with Crippen molar-refractivity contribution < 1.29 is 0 Å². The molecule has 0 saturated heterocycles. The monoisotopic (exact) mass is 243 g/mol. The smallest absolute Gasteiger partial charge is 0.0439 e. The molecule has 2 rings (SSSR count). The first-order valence-corrected chi connectivity index (χ1v) is 6.77. The molecule has 1 atom stereocenters. The van der Waals surface area contributed by atoms with Crippen LogP contribution in [0, 0.1) is 6.92 Å². The third kappa shape index (κ3) is 2.87. The van der Waals surface area contributed by atoms with Crippen LogP contribution in [0.25, 0.3) is 0 Å². The Balaban J connectivity index is 2.34. The summed E-state index contributed by atoms with van der Waals surface area (Å²) in [5.41, 5.74) is 2.69. The molecule has 1 unspecified atom stereocenters. The summed E-state index contributed by atoms with van der Waals surface area (Å²) in [5, 5.41) is 2.84. The number of rotatable bonds is 3. The lowest BCUT2D eigenvalue weighted by molar-refractivity contribution is 1.14. The van der Waals surface area contributed by atoms with Gasteiger partial charge in [-0.15, -0.1) is 0 Å². The first kappa shape index (κ1) is 12.1. The van der Waals surface area contributed by atoms with Crippen molar-refractivity contribution in [1.82, 2.24) is 0 Å². The van der Waals surface area contributed by atoms with E-state index in [0.29, 0.717) is 0 Å². The van der Waals surface area contributed by atoms with Gasteiger partial charge in [0, 0.05) is 25.1 Å². The van der Waals surface area contributed by atoms with E-state index in [4.69, 9.17) is 0 Å². The summed E-state index contributed by atoms with van der Waals surface area (Å²) in [4.78, 5) is 2.18. The van der Waals surface area contributed by atoms with Crippen molar-refractivity contribution in [3.63, 3.8) is 0 Å². The number of benzene rings is 2. The van der Waals surface area contributed by atoms with Gasteiger partial charge >= 0.3 is 0 Å². The Hall–Kier alpha value is -1.33. The van der Waals surface area contributed by atoms with E-state index in [9.17, 15) is 0 Å². The van der Waals surface area contributed by atoms with Gasteiger partial charge in [-0.3, -0.25) is 0 Å².